The standard InChI is InChI=1S/C18H20N4S/c1-4-10-22-13(2)11-16(14(22)3)17-12-23-18(21-20-17)19-15-8-6-5-7-9-15/h4-9,11H,1,10,12H2,2-3H3,(H,19,21). The fraction of sp³-hybridized carbons (Fsp3) is 0.222. The van der Waals surface area contributed by atoms with Gasteiger partial charge in [-0.3, -0.25) is 5.43 Å². The van der Waals surface area contributed by atoms with Crippen molar-refractivity contribution in [2.75, 3.05) is 5.75 Å². The first-order valence-corrected chi connectivity index (χ1v) is 8.54. The molecule has 1 aromatic carbocycles. The largest absolute Gasteiger partial charge is 0.345 e. The Kier molecular flexibility index (Phi) is 4.67. The lowest BCUT2D eigenvalue weighted by atomic mass is 10.1. The minimum atomic E-state index is 0.817. The number of nitrogens with zero attached hydrogens (tertiary/aromatic N) is 3. The molecule has 0 radical (unpaired) electrons. The number of rotatable bonds is 4. The summed E-state index contributed by atoms with van der Waals surface area (Å²) in [6, 6.07) is 12.1. The van der Waals surface area contributed by atoms with Crippen LogP contribution in [-0.4, -0.2) is 21.2 Å². The van der Waals surface area contributed by atoms with Crippen molar-refractivity contribution in [1.29, 1.82) is 0 Å². The summed E-state index contributed by atoms with van der Waals surface area (Å²) < 4.78 is 2.25. The predicted molar refractivity (Wildman–Crippen MR) is 99.8 cm³/mol. The van der Waals surface area contributed by atoms with Crippen molar-refractivity contribution in [2.45, 2.75) is 20.4 Å². The number of hydrazone groups is 1. The molecule has 118 valence electrons. The lowest BCUT2D eigenvalue weighted by Crippen LogP contribution is -2.25. The van der Waals surface area contributed by atoms with Crippen molar-refractivity contribution < 1.29 is 0 Å². The molecule has 1 aliphatic heterocycles. The molecule has 0 amide bonds. The summed E-state index contributed by atoms with van der Waals surface area (Å²) in [5.74, 6) is 0.817. The van der Waals surface area contributed by atoms with Gasteiger partial charge >= 0.3 is 0 Å². The summed E-state index contributed by atoms with van der Waals surface area (Å²) in [6.45, 7) is 8.90. The summed E-state index contributed by atoms with van der Waals surface area (Å²) in [4.78, 5) is 4.56. The SMILES string of the molecule is C=CCn1c(C)cc(C2=NNC(=Nc3ccccc3)SC2)c1C. The minimum absolute atomic E-state index is 0.817. The Morgan fingerprint density at radius 2 is 2.13 bits per heavy atom. The van der Waals surface area contributed by atoms with Gasteiger partial charge in [0.05, 0.1) is 11.4 Å². The molecule has 2 aromatic rings. The highest BCUT2D eigenvalue weighted by atomic mass is 32.2. The van der Waals surface area contributed by atoms with Crippen LogP contribution in [0.15, 0.2) is 59.1 Å². The summed E-state index contributed by atoms with van der Waals surface area (Å²) in [7, 11) is 0. The first-order valence-electron chi connectivity index (χ1n) is 7.56. The van der Waals surface area contributed by atoms with E-state index in [2.05, 4.69) is 46.6 Å². The third kappa shape index (κ3) is 3.40. The molecule has 4 nitrogen and oxygen atoms in total. The molecule has 0 bridgehead atoms. The Hall–Kier alpha value is -2.27. The van der Waals surface area contributed by atoms with Gasteiger partial charge in [0.15, 0.2) is 5.17 Å². The van der Waals surface area contributed by atoms with Gasteiger partial charge < -0.3 is 4.57 Å². The molecule has 0 saturated carbocycles. The van der Waals surface area contributed by atoms with Crippen molar-refractivity contribution in [2.24, 2.45) is 10.1 Å². The second-order valence-electron chi connectivity index (χ2n) is 5.40. The van der Waals surface area contributed by atoms with E-state index >= 15 is 0 Å². The fourth-order valence-electron chi connectivity index (χ4n) is 2.63. The third-order valence-electron chi connectivity index (χ3n) is 3.82. The molecule has 0 atom stereocenters. The van der Waals surface area contributed by atoms with Crippen molar-refractivity contribution in [1.82, 2.24) is 9.99 Å². The third-order valence-corrected chi connectivity index (χ3v) is 4.69. The van der Waals surface area contributed by atoms with Crippen LogP contribution in [0, 0.1) is 13.8 Å². The molecule has 0 unspecified atom stereocenters. The molecule has 2 heterocycles. The van der Waals surface area contributed by atoms with E-state index in [9.17, 15) is 0 Å². The Morgan fingerprint density at radius 1 is 1.35 bits per heavy atom. The first-order chi connectivity index (χ1) is 11.2. The lowest BCUT2D eigenvalue weighted by molar-refractivity contribution is 0.768. The first kappa shape index (κ1) is 15.6. The van der Waals surface area contributed by atoms with Crippen molar-refractivity contribution in [3.05, 3.63) is 66.0 Å². The maximum atomic E-state index is 4.56. The van der Waals surface area contributed by atoms with Gasteiger partial charge in [0.1, 0.15) is 0 Å². The second kappa shape index (κ2) is 6.87. The lowest BCUT2D eigenvalue weighted by Gasteiger charge is -2.15. The molecule has 1 N–H and O–H groups in total. The van der Waals surface area contributed by atoms with E-state index in [-0.39, 0.29) is 0 Å². The molecule has 0 aliphatic carbocycles. The van der Waals surface area contributed by atoms with Crippen LogP contribution in [0.4, 0.5) is 5.69 Å². The zero-order valence-corrected chi connectivity index (χ0v) is 14.2. The number of benzene rings is 1. The summed E-state index contributed by atoms with van der Waals surface area (Å²) in [5, 5.41) is 5.36. The average molecular weight is 324 g/mol. The molecule has 1 aliphatic rings. The smallest absolute Gasteiger partial charge is 0.182 e. The van der Waals surface area contributed by atoms with Gasteiger partial charge in [-0.2, -0.15) is 5.10 Å². The van der Waals surface area contributed by atoms with Gasteiger partial charge in [0.25, 0.3) is 0 Å². The molecule has 5 heteroatoms. The Morgan fingerprint density at radius 3 is 2.78 bits per heavy atom. The van der Waals surface area contributed by atoms with E-state index in [1.807, 2.05) is 36.4 Å². The predicted octanol–water partition coefficient (Wildman–Crippen LogP) is 4.02. The average Bonchev–Trinajstić information content (AvgIpc) is 2.85. The maximum Gasteiger partial charge on any atom is 0.182 e. The molecule has 23 heavy (non-hydrogen) atoms. The number of hydrogen-bond donors (Lipinski definition) is 1. The van der Waals surface area contributed by atoms with Crippen LogP contribution in [0.25, 0.3) is 0 Å². The molecule has 0 spiro atoms. The van der Waals surface area contributed by atoms with E-state index < -0.39 is 0 Å². The number of allylic oxidation sites excluding steroid dienone is 1. The van der Waals surface area contributed by atoms with E-state index in [4.69, 9.17) is 0 Å². The van der Waals surface area contributed by atoms with E-state index in [0.29, 0.717) is 0 Å². The number of hydrogen-bond acceptors (Lipinski definition) is 3. The van der Waals surface area contributed by atoms with Crippen LogP contribution in [0.3, 0.4) is 0 Å². The van der Waals surface area contributed by atoms with Gasteiger partial charge in [0, 0.05) is 29.2 Å². The number of para-hydroxylation sites is 1. The topological polar surface area (TPSA) is 41.7 Å². The molecule has 3 rings (SSSR count). The van der Waals surface area contributed by atoms with Gasteiger partial charge in [-0.05, 0) is 32.0 Å². The second-order valence-corrected chi connectivity index (χ2v) is 6.36. The summed E-state index contributed by atoms with van der Waals surface area (Å²) >= 11 is 1.68. The number of aliphatic imine (C=N–C) groups is 1. The molecular weight excluding hydrogens is 304 g/mol. The minimum Gasteiger partial charge on any atom is -0.345 e. The molecular formula is C18H20N4S. The van der Waals surface area contributed by atoms with E-state index in [1.54, 1.807) is 11.8 Å². The van der Waals surface area contributed by atoms with Crippen LogP contribution in [-0.2, 0) is 6.54 Å². The normalized spacial score (nSPS) is 16.1. The number of amidine groups is 1. The number of nitrogens with one attached hydrogen (secondary N) is 1. The fourth-order valence-corrected chi connectivity index (χ4v) is 3.41. The van der Waals surface area contributed by atoms with Crippen molar-refractivity contribution in [3.8, 4) is 0 Å². The summed E-state index contributed by atoms with van der Waals surface area (Å²) in [5.41, 5.74) is 8.73. The molecule has 0 fully saturated rings. The van der Waals surface area contributed by atoms with Crippen LogP contribution < -0.4 is 5.43 Å². The number of aromatic nitrogens is 1. The van der Waals surface area contributed by atoms with Crippen LogP contribution in [0.1, 0.15) is 17.0 Å². The Bertz CT molecular complexity index is 772. The van der Waals surface area contributed by atoms with Gasteiger partial charge in [-0.25, -0.2) is 4.99 Å². The zero-order chi connectivity index (χ0) is 16.2. The van der Waals surface area contributed by atoms with Crippen LogP contribution >= 0.6 is 11.8 Å². The quantitative estimate of drug-likeness (QED) is 0.863. The number of aryl methyl sites for hydroxylation is 1. The van der Waals surface area contributed by atoms with E-state index in [1.165, 1.54) is 17.0 Å². The van der Waals surface area contributed by atoms with Crippen molar-refractivity contribution >= 4 is 28.3 Å². The van der Waals surface area contributed by atoms with Gasteiger partial charge in [0.2, 0.25) is 0 Å². The summed E-state index contributed by atoms with van der Waals surface area (Å²) in [6.07, 6.45) is 1.92. The monoisotopic (exact) mass is 324 g/mol. The highest BCUT2D eigenvalue weighted by Crippen LogP contribution is 2.22. The van der Waals surface area contributed by atoms with E-state index in [0.717, 1.165) is 28.9 Å². The highest BCUT2D eigenvalue weighted by Gasteiger charge is 2.18. The van der Waals surface area contributed by atoms with Crippen LogP contribution in [0.5, 0.6) is 0 Å². The zero-order valence-electron chi connectivity index (χ0n) is 13.4. The Balaban J connectivity index is 1.81. The van der Waals surface area contributed by atoms with Gasteiger partial charge in [-0.1, -0.05) is 36.0 Å². The maximum absolute atomic E-state index is 4.56. The Labute approximate surface area is 141 Å². The van der Waals surface area contributed by atoms with Gasteiger partial charge in [-0.15, -0.1) is 6.58 Å². The molecule has 1 aromatic heterocycles. The van der Waals surface area contributed by atoms with Crippen LogP contribution in [0.2, 0.25) is 0 Å². The molecule has 0 saturated heterocycles. The number of thioether (sulfide) groups is 1. The van der Waals surface area contributed by atoms with Crippen molar-refractivity contribution in [3.63, 3.8) is 0 Å². The highest BCUT2D eigenvalue weighted by molar-refractivity contribution is 8.14.